The fraction of sp³-hybridized carbons (Fsp3) is 0.524. The van der Waals surface area contributed by atoms with Gasteiger partial charge in [0.1, 0.15) is 0 Å². The van der Waals surface area contributed by atoms with Crippen LogP contribution in [0.25, 0.3) is 11.8 Å². The Bertz CT molecular complexity index is 766. The maximum absolute atomic E-state index is 5.86. The minimum Gasteiger partial charge on any atom is -0.368 e. The second-order valence-corrected chi connectivity index (χ2v) is 7.80. The zero-order valence-electron chi connectivity index (χ0n) is 16.5. The van der Waals surface area contributed by atoms with Crippen molar-refractivity contribution in [2.24, 2.45) is 0 Å². The molecule has 1 aromatic carbocycles. The molecule has 2 fully saturated rings. The molecule has 150 valence electrons. The number of nitrogens with two attached hydrogens (primary N) is 2. The molecule has 2 saturated heterocycles. The van der Waals surface area contributed by atoms with E-state index in [0.717, 1.165) is 5.69 Å². The molecule has 0 amide bonds. The van der Waals surface area contributed by atoms with Crippen molar-refractivity contribution < 1.29 is 0 Å². The first kappa shape index (κ1) is 19.0. The van der Waals surface area contributed by atoms with E-state index >= 15 is 0 Å². The molecule has 7 nitrogen and oxygen atoms in total. The predicted molar refractivity (Wildman–Crippen MR) is 114 cm³/mol. The SMILES string of the molecule is Nc1nc(N)n(-c2ccc(C=CC(N3CCCCC3)N3CCCCC3)cc2)n1. The molecule has 0 spiro atoms. The average molecular weight is 382 g/mol. The van der Waals surface area contributed by atoms with Gasteiger partial charge in [0.2, 0.25) is 11.9 Å². The number of nitrogens with zero attached hydrogens (tertiary/aromatic N) is 5. The summed E-state index contributed by atoms with van der Waals surface area (Å²) in [5, 5.41) is 4.13. The molecule has 4 N–H and O–H groups in total. The van der Waals surface area contributed by atoms with Gasteiger partial charge in [-0.05, 0) is 69.6 Å². The quantitative estimate of drug-likeness (QED) is 0.828. The molecule has 3 heterocycles. The third-order valence-corrected chi connectivity index (χ3v) is 5.78. The zero-order chi connectivity index (χ0) is 19.3. The van der Waals surface area contributed by atoms with Crippen LogP contribution in [0.15, 0.2) is 30.3 Å². The number of hydrogen-bond donors (Lipinski definition) is 2. The topological polar surface area (TPSA) is 89.2 Å². The van der Waals surface area contributed by atoms with Gasteiger partial charge in [-0.3, -0.25) is 9.80 Å². The highest BCUT2D eigenvalue weighted by Gasteiger charge is 2.25. The van der Waals surface area contributed by atoms with Crippen LogP contribution in [0.4, 0.5) is 11.9 Å². The van der Waals surface area contributed by atoms with Crippen LogP contribution in [0.2, 0.25) is 0 Å². The molecule has 0 unspecified atom stereocenters. The van der Waals surface area contributed by atoms with Crippen molar-refractivity contribution >= 4 is 18.0 Å². The van der Waals surface area contributed by atoms with Crippen LogP contribution >= 0.6 is 0 Å². The molecular weight excluding hydrogens is 350 g/mol. The predicted octanol–water partition coefficient (Wildman–Crippen LogP) is 2.74. The number of benzene rings is 1. The molecule has 2 aliphatic heterocycles. The Labute approximate surface area is 167 Å². The van der Waals surface area contributed by atoms with Crippen LogP contribution < -0.4 is 11.5 Å². The summed E-state index contributed by atoms with van der Waals surface area (Å²) in [5.41, 5.74) is 13.5. The summed E-state index contributed by atoms with van der Waals surface area (Å²) in [6.07, 6.45) is 13.0. The van der Waals surface area contributed by atoms with E-state index < -0.39 is 0 Å². The summed E-state index contributed by atoms with van der Waals surface area (Å²) in [4.78, 5) is 9.26. The maximum Gasteiger partial charge on any atom is 0.241 e. The van der Waals surface area contributed by atoms with E-state index in [-0.39, 0.29) is 5.95 Å². The average Bonchev–Trinajstić information content (AvgIpc) is 3.08. The lowest BCUT2D eigenvalue weighted by Gasteiger charge is -2.41. The number of nitrogen functional groups attached to an aromatic ring is 2. The standard InChI is InChI=1S/C21H31N7/c22-20-24-21(23)28(25-20)18-10-7-17(8-11-18)9-12-19(26-13-3-1-4-14-26)27-15-5-2-6-16-27/h7-12,19H,1-6,13-16H2,(H4,22,23,24,25). The van der Waals surface area contributed by atoms with Crippen molar-refractivity contribution in [1.82, 2.24) is 24.6 Å². The van der Waals surface area contributed by atoms with E-state index in [4.69, 9.17) is 11.5 Å². The van der Waals surface area contributed by atoms with Gasteiger partial charge < -0.3 is 11.5 Å². The maximum atomic E-state index is 5.86. The van der Waals surface area contributed by atoms with E-state index in [0.29, 0.717) is 12.1 Å². The van der Waals surface area contributed by atoms with Crippen molar-refractivity contribution in [2.75, 3.05) is 37.6 Å². The number of piperidine rings is 2. The summed E-state index contributed by atoms with van der Waals surface area (Å²) < 4.78 is 1.56. The second-order valence-electron chi connectivity index (χ2n) is 7.80. The van der Waals surface area contributed by atoms with Crippen molar-refractivity contribution in [3.63, 3.8) is 0 Å². The summed E-state index contributed by atoms with van der Waals surface area (Å²) in [5.74, 6) is 0.489. The van der Waals surface area contributed by atoms with Gasteiger partial charge in [0, 0.05) is 0 Å². The molecule has 1 aromatic heterocycles. The normalized spacial score (nSPS) is 19.6. The monoisotopic (exact) mass is 381 g/mol. The van der Waals surface area contributed by atoms with Gasteiger partial charge in [-0.25, -0.2) is 0 Å². The van der Waals surface area contributed by atoms with Crippen LogP contribution in [-0.2, 0) is 0 Å². The molecule has 0 radical (unpaired) electrons. The summed E-state index contributed by atoms with van der Waals surface area (Å²) in [7, 11) is 0. The minimum absolute atomic E-state index is 0.187. The Morgan fingerprint density at radius 3 is 1.89 bits per heavy atom. The highest BCUT2D eigenvalue weighted by molar-refractivity contribution is 5.53. The minimum atomic E-state index is 0.187. The molecule has 2 aliphatic rings. The van der Waals surface area contributed by atoms with E-state index in [2.05, 4.69) is 44.2 Å². The van der Waals surface area contributed by atoms with E-state index in [1.807, 2.05) is 12.1 Å². The summed E-state index contributed by atoms with van der Waals surface area (Å²) in [6, 6.07) is 8.18. The van der Waals surface area contributed by atoms with Crippen LogP contribution in [-0.4, -0.2) is 56.9 Å². The van der Waals surface area contributed by atoms with Gasteiger partial charge in [-0.2, -0.15) is 9.67 Å². The van der Waals surface area contributed by atoms with Crippen molar-refractivity contribution in [3.05, 3.63) is 35.9 Å². The van der Waals surface area contributed by atoms with E-state index in [9.17, 15) is 0 Å². The first-order valence-corrected chi connectivity index (χ1v) is 10.5. The molecule has 0 atom stereocenters. The summed E-state index contributed by atoms with van der Waals surface area (Å²) in [6.45, 7) is 4.82. The molecule has 28 heavy (non-hydrogen) atoms. The number of anilines is 2. The number of aromatic nitrogens is 3. The highest BCUT2D eigenvalue weighted by atomic mass is 15.4. The first-order chi connectivity index (χ1) is 13.7. The fourth-order valence-electron chi connectivity index (χ4n) is 4.29. The Hall–Kier alpha value is -2.38. The molecule has 0 bridgehead atoms. The summed E-state index contributed by atoms with van der Waals surface area (Å²) >= 11 is 0. The Morgan fingerprint density at radius 1 is 0.821 bits per heavy atom. The lowest BCUT2D eigenvalue weighted by atomic mass is 10.1. The van der Waals surface area contributed by atoms with Crippen molar-refractivity contribution in [1.29, 1.82) is 0 Å². The van der Waals surface area contributed by atoms with Crippen LogP contribution in [0.1, 0.15) is 44.1 Å². The zero-order valence-corrected chi connectivity index (χ0v) is 16.5. The van der Waals surface area contributed by atoms with Gasteiger partial charge in [0.25, 0.3) is 0 Å². The molecule has 0 saturated carbocycles. The van der Waals surface area contributed by atoms with Crippen molar-refractivity contribution in [3.8, 4) is 5.69 Å². The third kappa shape index (κ3) is 4.36. The first-order valence-electron chi connectivity index (χ1n) is 10.5. The van der Waals surface area contributed by atoms with Gasteiger partial charge in [-0.15, -0.1) is 5.10 Å². The van der Waals surface area contributed by atoms with Crippen LogP contribution in [0, 0.1) is 0 Å². The molecule has 2 aromatic rings. The Morgan fingerprint density at radius 2 is 1.39 bits per heavy atom. The number of hydrogen-bond acceptors (Lipinski definition) is 6. The molecular formula is C21H31N7. The van der Waals surface area contributed by atoms with Gasteiger partial charge >= 0.3 is 0 Å². The molecule has 4 rings (SSSR count). The second kappa shape index (κ2) is 8.75. The number of likely N-dealkylation sites (tertiary alicyclic amines) is 2. The Kier molecular flexibility index (Phi) is 5.92. The smallest absolute Gasteiger partial charge is 0.241 e. The number of rotatable bonds is 5. The van der Waals surface area contributed by atoms with Crippen LogP contribution in [0.3, 0.4) is 0 Å². The van der Waals surface area contributed by atoms with E-state index in [1.54, 1.807) is 4.68 Å². The van der Waals surface area contributed by atoms with E-state index in [1.165, 1.54) is 70.3 Å². The fourth-order valence-corrected chi connectivity index (χ4v) is 4.29. The lowest BCUT2D eigenvalue weighted by Crippen LogP contribution is -2.50. The lowest BCUT2D eigenvalue weighted by molar-refractivity contribution is 0.0480. The van der Waals surface area contributed by atoms with Crippen molar-refractivity contribution in [2.45, 2.75) is 44.7 Å². The highest BCUT2D eigenvalue weighted by Crippen LogP contribution is 2.21. The molecule has 7 heteroatoms. The molecule has 0 aliphatic carbocycles. The Balaban J connectivity index is 1.50. The van der Waals surface area contributed by atoms with Gasteiger partial charge in [0.15, 0.2) is 0 Å². The third-order valence-electron chi connectivity index (χ3n) is 5.78. The largest absolute Gasteiger partial charge is 0.368 e. The van der Waals surface area contributed by atoms with Crippen LogP contribution in [0.5, 0.6) is 0 Å². The van der Waals surface area contributed by atoms with Gasteiger partial charge in [-0.1, -0.05) is 37.1 Å². The van der Waals surface area contributed by atoms with Gasteiger partial charge in [0.05, 0.1) is 11.9 Å².